The van der Waals surface area contributed by atoms with Crippen molar-refractivity contribution in [1.29, 1.82) is 0 Å². The molecule has 4 rings (SSSR count). The Balaban J connectivity index is 1.44. The highest BCUT2D eigenvalue weighted by atomic mass is 35.5. The van der Waals surface area contributed by atoms with E-state index in [1.54, 1.807) is 18.2 Å². The monoisotopic (exact) mass is 362 g/mol. The Hall–Kier alpha value is -1.85. The molecule has 25 heavy (non-hydrogen) atoms. The Morgan fingerprint density at radius 1 is 1.16 bits per heavy atom. The van der Waals surface area contributed by atoms with Gasteiger partial charge in [0.1, 0.15) is 23.5 Å². The third kappa shape index (κ3) is 3.58. The minimum atomic E-state index is -0.499. The number of halogens is 2. The molecule has 2 aromatic rings. The Labute approximate surface area is 151 Å². The summed E-state index contributed by atoms with van der Waals surface area (Å²) in [6.45, 7) is 1.69. The second-order valence-electron chi connectivity index (χ2n) is 6.91. The van der Waals surface area contributed by atoms with Crippen molar-refractivity contribution in [3.8, 4) is 5.75 Å². The predicted molar refractivity (Wildman–Crippen MR) is 94.5 cm³/mol. The molecule has 2 heterocycles. The van der Waals surface area contributed by atoms with E-state index in [0.717, 1.165) is 25.3 Å². The molecule has 0 radical (unpaired) electrons. The summed E-state index contributed by atoms with van der Waals surface area (Å²) >= 11 is 6.00. The van der Waals surface area contributed by atoms with E-state index in [1.165, 1.54) is 12.3 Å². The van der Waals surface area contributed by atoms with Crippen LogP contribution in [0.25, 0.3) is 0 Å². The van der Waals surface area contributed by atoms with Crippen LogP contribution in [0, 0.1) is 17.7 Å². The molecular formula is C19H20ClFN2O2. The van der Waals surface area contributed by atoms with Gasteiger partial charge in [0.05, 0.1) is 12.3 Å². The van der Waals surface area contributed by atoms with Gasteiger partial charge in [0, 0.05) is 18.1 Å². The number of nitrogens with zero attached hydrogens (tertiary/aromatic N) is 2. The molecule has 1 saturated carbocycles. The van der Waals surface area contributed by atoms with Gasteiger partial charge in [0.2, 0.25) is 0 Å². The van der Waals surface area contributed by atoms with E-state index >= 15 is 0 Å². The van der Waals surface area contributed by atoms with E-state index < -0.39 is 6.10 Å². The van der Waals surface area contributed by atoms with Crippen molar-refractivity contribution in [2.45, 2.75) is 25.0 Å². The van der Waals surface area contributed by atoms with Gasteiger partial charge in [-0.15, -0.1) is 0 Å². The molecule has 1 aliphatic heterocycles. The molecule has 0 amide bonds. The predicted octanol–water partition coefficient (Wildman–Crippen LogP) is 3.53. The zero-order valence-corrected chi connectivity index (χ0v) is 14.4. The van der Waals surface area contributed by atoms with Crippen LogP contribution in [0.2, 0.25) is 5.02 Å². The highest BCUT2D eigenvalue weighted by Crippen LogP contribution is 2.39. The fraction of sp³-hybridized carbons (Fsp3) is 0.421. The molecule has 132 valence electrons. The molecule has 0 unspecified atom stereocenters. The second-order valence-corrected chi connectivity index (χ2v) is 7.35. The van der Waals surface area contributed by atoms with Gasteiger partial charge in [-0.05, 0) is 55.0 Å². The lowest BCUT2D eigenvalue weighted by atomic mass is 9.78. The third-order valence-electron chi connectivity index (χ3n) is 5.20. The number of fused-ring (bicyclic) bond motifs is 1. The SMILES string of the molecule is O[C@@H]1C[C@H]2CN(c3ccc(F)cn3)C[C@H]2C[C@H]1Oc1cccc(Cl)c1. The molecule has 1 aromatic heterocycles. The number of aliphatic hydroxyl groups excluding tert-OH is 1. The maximum atomic E-state index is 13.1. The lowest BCUT2D eigenvalue weighted by Crippen LogP contribution is -2.42. The van der Waals surface area contributed by atoms with Crippen LogP contribution in [0.15, 0.2) is 42.6 Å². The molecule has 6 heteroatoms. The molecule has 0 spiro atoms. The van der Waals surface area contributed by atoms with Gasteiger partial charge in [-0.1, -0.05) is 17.7 Å². The first-order chi connectivity index (χ1) is 12.1. The van der Waals surface area contributed by atoms with E-state index in [4.69, 9.17) is 16.3 Å². The standard InChI is InChI=1S/C19H20ClFN2O2/c20-14-2-1-3-16(8-14)25-18-7-13-11-23(10-12(13)6-17(18)24)19-5-4-15(21)9-22-19/h1-5,8-9,12-13,17-18,24H,6-7,10-11H2/t12-,13+,17+,18+/m0/s1. The van der Waals surface area contributed by atoms with Crippen LogP contribution in [-0.4, -0.2) is 35.4 Å². The lowest BCUT2D eigenvalue weighted by Gasteiger charge is -2.35. The maximum Gasteiger partial charge on any atom is 0.141 e. The normalized spacial score (nSPS) is 28.7. The molecule has 4 nitrogen and oxygen atoms in total. The number of ether oxygens (including phenoxy) is 1. The number of pyridine rings is 1. The number of aliphatic hydroxyl groups is 1. The first kappa shape index (κ1) is 16.6. The number of aromatic nitrogens is 1. The highest BCUT2D eigenvalue weighted by Gasteiger charge is 2.43. The summed E-state index contributed by atoms with van der Waals surface area (Å²) in [5.74, 6) is 1.98. The lowest BCUT2D eigenvalue weighted by molar-refractivity contribution is -0.0231. The van der Waals surface area contributed by atoms with E-state index in [1.807, 2.05) is 12.1 Å². The smallest absolute Gasteiger partial charge is 0.141 e. The molecule has 1 N–H and O–H groups in total. The van der Waals surface area contributed by atoms with Crippen LogP contribution in [-0.2, 0) is 0 Å². The summed E-state index contributed by atoms with van der Waals surface area (Å²) in [4.78, 5) is 6.35. The minimum absolute atomic E-state index is 0.235. The largest absolute Gasteiger partial charge is 0.488 e. The van der Waals surface area contributed by atoms with Crippen molar-refractivity contribution in [2.24, 2.45) is 11.8 Å². The summed E-state index contributed by atoms with van der Waals surface area (Å²) in [5.41, 5.74) is 0. The van der Waals surface area contributed by atoms with Gasteiger partial charge in [-0.3, -0.25) is 0 Å². The van der Waals surface area contributed by atoms with Crippen molar-refractivity contribution in [3.63, 3.8) is 0 Å². The number of rotatable bonds is 3. The Morgan fingerprint density at radius 2 is 1.96 bits per heavy atom. The van der Waals surface area contributed by atoms with E-state index in [2.05, 4.69) is 9.88 Å². The number of hydrogen-bond donors (Lipinski definition) is 1. The van der Waals surface area contributed by atoms with Gasteiger partial charge in [0.15, 0.2) is 0 Å². The van der Waals surface area contributed by atoms with Crippen molar-refractivity contribution in [1.82, 2.24) is 4.98 Å². The van der Waals surface area contributed by atoms with E-state index in [9.17, 15) is 9.50 Å². The molecule has 1 aliphatic carbocycles. The topological polar surface area (TPSA) is 45.6 Å². The van der Waals surface area contributed by atoms with Crippen LogP contribution in [0.3, 0.4) is 0 Å². The minimum Gasteiger partial charge on any atom is -0.488 e. The summed E-state index contributed by atoms with van der Waals surface area (Å²) in [6.07, 6.45) is 2.00. The summed E-state index contributed by atoms with van der Waals surface area (Å²) < 4.78 is 19.1. The summed E-state index contributed by atoms with van der Waals surface area (Å²) in [6, 6.07) is 10.4. The molecule has 1 saturated heterocycles. The molecule has 2 aliphatic rings. The van der Waals surface area contributed by atoms with Gasteiger partial charge < -0.3 is 14.7 Å². The highest BCUT2D eigenvalue weighted by molar-refractivity contribution is 6.30. The van der Waals surface area contributed by atoms with Crippen LogP contribution >= 0.6 is 11.6 Å². The fourth-order valence-corrected chi connectivity index (χ4v) is 4.15. The zero-order valence-electron chi connectivity index (χ0n) is 13.7. The second kappa shape index (κ2) is 6.81. The molecule has 4 atom stereocenters. The van der Waals surface area contributed by atoms with E-state index in [-0.39, 0.29) is 11.9 Å². The Bertz CT molecular complexity index is 742. The molecule has 2 fully saturated rings. The first-order valence-corrected chi connectivity index (χ1v) is 8.93. The summed E-state index contributed by atoms with van der Waals surface area (Å²) in [5, 5.41) is 11.1. The average molecular weight is 363 g/mol. The number of anilines is 1. The van der Waals surface area contributed by atoms with Crippen LogP contribution in [0.5, 0.6) is 5.75 Å². The van der Waals surface area contributed by atoms with Crippen LogP contribution in [0.4, 0.5) is 10.2 Å². The van der Waals surface area contributed by atoms with Gasteiger partial charge >= 0.3 is 0 Å². The summed E-state index contributed by atoms with van der Waals surface area (Å²) in [7, 11) is 0. The number of benzene rings is 1. The number of hydrogen-bond acceptors (Lipinski definition) is 4. The van der Waals surface area contributed by atoms with Crippen LogP contribution < -0.4 is 9.64 Å². The average Bonchev–Trinajstić information content (AvgIpc) is 2.98. The van der Waals surface area contributed by atoms with Crippen molar-refractivity contribution in [3.05, 3.63) is 53.4 Å². The molecule has 0 bridgehead atoms. The zero-order chi connectivity index (χ0) is 17.4. The molecule has 1 aromatic carbocycles. The van der Waals surface area contributed by atoms with Gasteiger partial charge in [-0.25, -0.2) is 9.37 Å². The first-order valence-electron chi connectivity index (χ1n) is 8.55. The van der Waals surface area contributed by atoms with Crippen molar-refractivity contribution in [2.75, 3.05) is 18.0 Å². The van der Waals surface area contributed by atoms with Crippen molar-refractivity contribution >= 4 is 17.4 Å². The Kier molecular flexibility index (Phi) is 4.52. The van der Waals surface area contributed by atoms with Gasteiger partial charge in [0.25, 0.3) is 0 Å². The van der Waals surface area contributed by atoms with Gasteiger partial charge in [-0.2, -0.15) is 0 Å². The third-order valence-corrected chi connectivity index (χ3v) is 5.44. The quantitative estimate of drug-likeness (QED) is 0.907. The molecular weight excluding hydrogens is 343 g/mol. The van der Waals surface area contributed by atoms with Crippen molar-refractivity contribution < 1.29 is 14.2 Å². The van der Waals surface area contributed by atoms with E-state index in [0.29, 0.717) is 29.0 Å². The Morgan fingerprint density at radius 3 is 2.68 bits per heavy atom. The fourth-order valence-electron chi connectivity index (χ4n) is 3.97. The van der Waals surface area contributed by atoms with Crippen LogP contribution in [0.1, 0.15) is 12.8 Å². The maximum absolute atomic E-state index is 13.1.